The van der Waals surface area contributed by atoms with Crippen molar-refractivity contribution in [3.05, 3.63) is 28.8 Å². The van der Waals surface area contributed by atoms with Gasteiger partial charge in [0.15, 0.2) is 0 Å². The third-order valence-corrected chi connectivity index (χ3v) is 3.09. The molecule has 20 heavy (non-hydrogen) atoms. The number of hydrogen-bond donors (Lipinski definition) is 2. The zero-order chi connectivity index (χ0) is 15.0. The summed E-state index contributed by atoms with van der Waals surface area (Å²) in [6.07, 6.45) is -1.46. The zero-order valence-electron chi connectivity index (χ0n) is 11.6. The molecule has 3 nitrogen and oxygen atoms in total. The van der Waals surface area contributed by atoms with Gasteiger partial charge in [0.05, 0.1) is 13.2 Å². The number of rotatable bonds is 9. The molecule has 0 saturated carbocycles. The van der Waals surface area contributed by atoms with Gasteiger partial charge in [0.25, 0.3) is 6.43 Å². The van der Waals surface area contributed by atoms with Crippen molar-refractivity contribution < 1.29 is 13.9 Å². The molecule has 0 radical (unpaired) electrons. The molecule has 1 aromatic carbocycles. The number of halogens is 3. The van der Waals surface area contributed by atoms with E-state index in [-0.39, 0.29) is 13.2 Å². The fourth-order valence-corrected chi connectivity index (χ4v) is 2.14. The van der Waals surface area contributed by atoms with Gasteiger partial charge in [0.2, 0.25) is 0 Å². The van der Waals surface area contributed by atoms with Gasteiger partial charge in [-0.2, -0.15) is 0 Å². The summed E-state index contributed by atoms with van der Waals surface area (Å²) in [7, 11) is 0. The van der Waals surface area contributed by atoms with E-state index in [2.05, 4.69) is 12.2 Å². The standard InChI is InChI=1S/C14H21ClF2N2O/c1-2-5-18-9-11-3-4-12(15)8-13(11)19(6-7-20)10-14(16)17/h3-4,8,14,18,20H,2,5-7,9-10H2,1H3. The van der Waals surface area contributed by atoms with Crippen LogP contribution < -0.4 is 10.2 Å². The second-order valence-corrected chi connectivity index (χ2v) is 4.95. The molecule has 114 valence electrons. The van der Waals surface area contributed by atoms with Crippen molar-refractivity contribution in [1.82, 2.24) is 5.32 Å². The van der Waals surface area contributed by atoms with Crippen molar-refractivity contribution in [2.75, 3.05) is 31.1 Å². The number of benzene rings is 1. The molecular weight excluding hydrogens is 286 g/mol. The predicted octanol–water partition coefficient (Wildman–Crippen LogP) is 2.90. The van der Waals surface area contributed by atoms with E-state index in [1.165, 1.54) is 4.90 Å². The van der Waals surface area contributed by atoms with E-state index in [4.69, 9.17) is 16.7 Å². The smallest absolute Gasteiger partial charge is 0.255 e. The Morgan fingerprint density at radius 2 is 2.15 bits per heavy atom. The summed E-state index contributed by atoms with van der Waals surface area (Å²) in [4.78, 5) is 1.47. The molecule has 2 N–H and O–H groups in total. The molecule has 0 unspecified atom stereocenters. The molecule has 1 rings (SSSR count). The van der Waals surface area contributed by atoms with Gasteiger partial charge in [-0.3, -0.25) is 0 Å². The van der Waals surface area contributed by atoms with Crippen molar-refractivity contribution in [1.29, 1.82) is 0 Å². The Kier molecular flexibility index (Phi) is 7.80. The highest BCUT2D eigenvalue weighted by atomic mass is 35.5. The van der Waals surface area contributed by atoms with E-state index in [0.29, 0.717) is 17.3 Å². The van der Waals surface area contributed by atoms with Gasteiger partial charge in [-0.15, -0.1) is 0 Å². The molecule has 0 aliphatic rings. The normalized spacial score (nSPS) is 11.1. The average Bonchev–Trinajstić information content (AvgIpc) is 2.39. The molecule has 1 aromatic rings. The topological polar surface area (TPSA) is 35.5 Å². The number of aliphatic hydroxyl groups is 1. The maximum Gasteiger partial charge on any atom is 0.255 e. The van der Waals surface area contributed by atoms with Crippen molar-refractivity contribution in [2.45, 2.75) is 26.3 Å². The highest BCUT2D eigenvalue weighted by Crippen LogP contribution is 2.25. The first-order chi connectivity index (χ1) is 9.58. The van der Waals surface area contributed by atoms with Gasteiger partial charge in [0.1, 0.15) is 0 Å². The average molecular weight is 307 g/mol. The van der Waals surface area contributed by atoms with Crippen molar-refractivity contribution >= 4 is 17.3 Å². The van der Waals surface area contributed by atoms with E-state index in [0.717, 1.165) is 18.5 Å². The van der Waals surface area contributed by atoms with Gasteiger partial charge in [0, 0.05) is 23.8 Å². The quantitative estimate of drug-likeness (QED) is 0.689. The lowest BCUT2D eigenvalue weighted by Crippen LogP contribution is -2.33. The Morgan fingerprint density at radius 3 is 2.75 bits per heavy atom. The van der Waals surface area contributed by atoms with Crippen molar-refractivity contribution in [2.24, 2.45) is 0 Å². The van der Waals surface area contributed by atoms with Gasteiger partial charge in [-0.1, -0.05) is 24.6 Å². The second-order valence-electron chi connectivity index (χ2n) is 4.51. The number of nitrogens with zero attached hydrogens (tertiary/aromatic N) is 1. The molecule has 0 aliphatic heterocycles. The largest absolute Gasteiger partial charge is 0.395 e. The van der Waals surface area contributed by atoms with Crippen LogP contribution in [0.25, 0.3) is 0 Å². The molecule has 0 bridgehead atoms. The molecular formula is C14H21ClF2N2O. The summed E-state index contributed by atoms with van der Waals surface area (Å²) >= 11 is 5.96. The predicted molar refractivity (Wildman–Crippen MR) is 78.8 cm³/mol. The monoisotopic (exact) mass is 306 g/mol. The van der Waals surface area contributed by atoms with Crippen LogP contribution >= 0.6 is 11.6 Å². The molecule has 0 spiro atoms. The number of aliphatic hydroxyl groups excluding tert-OH is 1. The summed E-state index contributed by atoms with van der Waals surface area (Å²) in [5, 5.41) is 12.8. The first kappa shape index (κ1) is 17.1. The summed E-state index contributed by atoms with van der Waals surface area (Å²) in [6.45, 7) is 3.07. The minimum Gasteiger partial charge on any atom is -0.395 e. The molecule has 0 heterocycles. The molecule has 0 atom stereocenters. The molecule has 0 fully saturated rings. The van der Waals surface area contributed by atoms with Crippen LogP contribution in [0, 0.1) is 0 Å². The Hall–Kier alpha value is -0.910. The summed E-state index contributed by atoms with van der Waals surface area (Å²) in [5.74, 6) is 0. The van der Waals surface area contributed by atoms with E-state index in [1.54, 1.807) is 12.1 Å². The van der Waals surface area contributed by atoms with E-state index in [9.17, 15) is 8.78 Å². The number of anilines is 1. The van der Waals surface area contributed by atoms with Crippen LogP contribution in [0.2, 0.25) is 5.02 Å². The van der Waals surface area contributed by atoms with Crippen LogP contribution in [0.3, 0.4) is 0 Å². The van der Waals surface area contributed by atoms with Crippen LogP contribution in [0.1, 0.15) is 18.9 Å². The highest BCUT2D eigenvalue weighted by molar-refractivity contribution is 6.30. The van der Waals surface area contributed by atoms with Gasteiger partial charge < -0.3 is 15.3 Å². The molecule has 6 heteroatoms. The second kappa shape index (κ2) is 9.10. The molecule has 0 aliphatic carbocycles. The molecule has 0 amide bonds. The fourth-order valence-electron chi connectivity index (χ4n) is 1.98. The van der Waals surface area contributed by atoms with Gasteiger partial charge in [-0.05, 0) is 30.7 Å². The third-order valence-electron chi connectivity index (χ3n) is 2.86. The van der Waals surface area contributed by atoms with Crippen LogP contribution in [-0.4, -0.2) is 37.8 Å². The van der Waals surface area contributed by atoms with Crippen molar-refractivity contribution in [3.8, 4) is 0 Å². The highest BCUT2D eigenvalue weighted by Gasteiger charge is 2.16. The van der Waals surface area contributed by atoms with Crippen LogP contribution in [0.5, 0.6) is 0 Å². The lowest BCUT2D eigenvalue weighted by atomic mass is 10.1. The van der Waals surface area contributed by atoms with Gasteiger partial charge in [-0.25, -0.2) is 8.78 Å². The zero-order valence-corrected chi connectivity index (χ0v) is 12.3. The molecule has 0 saturated heterocycles. The van der Waals surface area contributed by atoms with E-state index < -0.39 is 13.0 Å². The molecule has 0 aromatic heterocycles. The SMILES string of the molecule is CCCNCc1ccc(Cl)cc1N(CCO)CC(F)F. The van der Waals surface area contributed by atoms with Gasteiger partial charge >= 0.3 is 0 Å². The first-order valence-corrected chi connectivity index (χ1v) is 7.09. The van der Waals surface area contributed by atoms with E-state index >= 15 is 0 Å². The minimum atomic E-state index is -2.46. The Bertz CT molecular complexity index is 405. The maximum absolute atomic E-state index is 12.7. The van der Waals surface area contributed by atoms with Crippen LogP contribution in [0.15, 0.2) is 18.2 Å². The number of nitrogens with one attached hydrogen (secondary N) is 1. The van der Waals surface area contributed by atoms with Crippen LogP contribution in [0.4, 0.5) is 14.5 Å². The van der Waals surface area contributed by atoms with Crippen molar-refractivity contribution in [3.63, 3.8) is 0 Å². The fraction of sp³-hybridized carbons (Fsp3) is 0.571. The third kappa shape index (κ3) is 5.61. The number of hydrogen-bond acceptors (Lipinski definition) is 3. The summed E-state index contributed by atoms with van der Waals surface area (Å²) in [6, 6.07) is 5.24. The maximum atomic E-state index is 12.7. The lowest BCUT2D eigenvalue weighted by Gasteiger charge is -2.26. The summed E-state index contributed by atoms with van der Waals surface area (Å²) < 4.78 is 25.3. The minimum absolute atomic E-state index is 0.158. The van der Waals surface area contributed by atoms with Crippen LogP contribution in [-0.2, 0) is 6.54 Å². The Labute approximate surface area is 123 Å². The first-order valence-electron chi connectivity index (χ1n) is 6.71. The Morgan fingerprint density at radius 1 is 1.40 bits per heavy atom. The van der Waals surface area contributed by atoms with E-state index in [1.807, 2.05) is 6.07 Å². The Balaban J connectivity index is 2.94. The number of alkyl halides is 2. The summed E-state index contributed by atoms with van der Waals surface area (Å²) in [5.41, 5.74) is 1.55. The lowest BCUT2D eigenvalue weighted by molar-refractivity contribution is 0.152.